The van der Waals surface area contributed by atoms with E-state index < -0.39 is 18.5 Å². The lowest BCUT2D eigenvalue weighted by Gasteiger charge is -2.35. The topological polar surface area (TPSA) is 82.4 Å². The number of nitriles is 1. The van der Waals surface area contributed by atoms with Gasteiger partial charge in [-0.1, -0.05) is 6.92 Å². The Kier molecular flexibility index (Phi) is 4.91. The number of nitrogens with one attached hydrogen (secondary N) is 1. The van der Waals surface area contributed by atoms with E-state index >= 15 is 0 Å². The van der Waals surface area contributed by atoms with Crippen molar-refractivity contribution in [3.63, 3.8) is 0 Å². The van der Waals surface area contributed by atoms with E-state index in [1.165, 1.54) is 4.90 Å². The predicted molar refractivity (Wildman–Crippen MR) is 59.9 cm³/mol. The Hall–Kier alpha value is -1.61. The van der Waals surface area contributed by atoms with Gasteiger partial charge >= 0.3 is 12.1 Å². The molecule has 1 rings (SSSR count). The molecule has 0 aromatic heterocycles. The summed E-state index contributed by atoms with van der Waals surface area (Å²) < 4.78 is 4.55. The summed E-state index contributed by atoms with van der Waals surface area (Å²) in [6.07, 6.45) is -0.113. The molecule has 0 aliphatic carbocycles. The van der Waals surface area contributed by atoms with Gasteiger partial charge in [0, 0.05) is 19.6 Å². The first kappa shape index (κ1) is 13.5. The number of carbonyl (C=O) groups excluding carboxylic acids is 2. The molecule has 17 heavy (non-hydrogen) atoms. The molecule has 0 aromatic rings. The van der Waals surface area contributed by atoms with Crippen molar-refractivity contribution < 1.29 is 14.3 Å². The third-order valence-electron chi connectivity index (χ3n) is 3.00. The zero-order valence-corrected chi connectivity index (χ0v) is 10.1. The lowest BCUT2D eigenvalue weighted by Crippen LogP contribution is -2.51. The van der Waals surface area contributed by atoms with Gasteiger partial charge in [-0.15, -0.1) is 0 Å². The van der Waals surface area contributed by atoms with E-state index in [1.54, 1.807) is 13.1 Å². The maximum absolute atomic E-state index is 11.6. The van der Waals surface area contributed by atoms with Gasteiger partial charge in [0.15, 0.2) is 0 Å². The van der Waals surface area contributed by atoms with Crippen LogP contribution in [0.4, 0.5) is 4.79 Å². The maximum atomic E-state index is 11.6. The van der Waals surface area contributed by atoms with Crippen LogP contribution in [0.1, 0.15) is 19.8 Å². The zero-order valence-electron chi connectivity index (χ0n) is 10.1. The second-order valence-electron chi connectivity index (χ2n) is 4.22. The summed E-state index contributed by atoms with van der Waals surface area (Å²) in [6.45, 7) is 3.69. The standard InChI is InChI=1S/C11H17N3O3/c1-8-4-6-13-7-9(8)14(2)11(16)17-10(15)3-5-12/h8-9,13H,3-4,6-7H2,1-2H3/t8-,9+/m1/s1. The number of rotatable bonds is 2. The van der Waals surface area contributed by atoms with Gasteiger partial charge in [-0.05, 0) is 18.9 Å². The lowest BCUT2D eigenvalue weighted by atomic mass is 9.94. The number of esters is 1. The highest BCUT2D eigenvalue weighted by Crippen LogP contribution is 2.17. The number of amides is 1. The lowest BCUT2D eigenvalue weighted by molar-refractivity contribution is -0.137. The molecule has 0 aromatic carbocycles. The van der Waals surface area contributed by atoms with Crippen LogP contribution < -0.4 is 5.32 Å². The Morgan fingerprint density at radius 2 is 2.29 bits per heavy atom. The third-order valence-corrected chi connectivity index (χ3v) is 3.00. The van der Waals surface area contributed by atoms with Crippen molar-refractivity contribution >= 4 is 12.1 Å². The van der Waals surface area contributed by atoms with Crippen molar-refractivity contribution in [3.05, 3.63) is 0 Å². The molecule has 1 amide bonds. The molecular weight excluding hydrogens is 222 g/mol. The van der Waals surface area contributed by atoms with Crippen LogP contribution in [-0.4, -0.2) is 43.1 Å². The molecule has 1 saturated heterocycles. The van der Waals surface area contributed by atoms with Gasteiger partial charge < -0.3 is 15.0 Å². The number of piperidine rings is 1. The molecule has 0 unspecified atom stereocenters. The highest BCUT2D eigenvalue weighted by atomic mass is 16.6. The summed E-state index contributed by atoms with van der Waals surface area (Å²) in [5, 5.41) is 11.5. The first-order valence-corrected chi connectivity index (χ1v) is 5.61. The molecule has 1 N–H and O–H groups in total. The summed E-state index contributed by atoms with van der Waals surface area (Å²) in [5.41, 5.74) is 0. The Morgan fingerprint density at radius 3 is 2.88 bits per heavy atom. The highest BCUT2D eigenvalue weighted by molar-refractivity contribution is 5.85. The number of nitrogens with zero attached hydrogens (tertiary/aromatic N) is 2. The quantitative estimate of drug-likeness (QED) is 0.560. The van der Waals surface area contributed by atoms with Gasteiger partial charge in [0.05, 0.1) is 6.07 Å². The molecule has 0 radical (unpaired) electrons. The summed E-state index contributed by atoms with van der Waals surface area (Å²) >= 11 is 0. The average molecular weight is 239 g/mol. The number of carbonyl (C=O) groups is 2. The monoisotopic (exact) mass is 239 g/mol. The Balaban J connectivity index is 2.51. The van der Waals surface area contributed by atoms with Crippen molar-refractivity contribution in [2.24, 2.45) is 5.92 Å². The van der Waals surface area contributed by atoms with E-state index in [1.807, 2.05) is 0 Å². The SMILES string of the molecule is C[C@@H]1CCNC[C@@H]1N(C)C(=O)OC(=O)CC#N. The van der Waals surface area contributed by atoms with Crippen molar-refractivity contribution in [2.75, 3.05) is 20.1 Å². The Morgan fingerprint density at radius 1 is 1.59 bits per heavy atom. The summed E-state index contributed by atoms with van der Waals surface area (Å²) in [5.74, 6) is -0.444. The van der Waals surface area contributed by atoms with Crippen molar-refractivity contribution in [1.82, 2.24) is 10.2 Å². The minimum Gasteiger partial charge on any atom is -0.375 e. The van der Waals surface area contributed by atoms with Crippen molar-refractivity contribution in [2.45, 2.75) is 25.8 Å². The fraction of sp³-hybridized carbons (Fsp3) is 0.727. The molecule has 1 aliphatic rings. The number of ether oxygens (including phenoxy) is 1. The molecule has 6 nitrogen and oxygen atoms in total. The van der Waals surface area contributed by atoms with Crippen LogP contribution >= 0.6 is 0 Å². The molecule has 1 aliphatic heterocycles. The average Bonchev–Trinajstić information content (AvgIpc) is 2.29. The van der Waals surface area contributed by atoms with E-state index in [0.717, 1.165) is 13.0 Å². The Bertz CT molecular complexity index is 337. The van der Waals surface area contributed by atoms with Crippen LogP contribution in [0.3, 0.4) is 0 Å². The third kappa shape index (κ3) is 3.71. The molecule has 0 spiro atoms. The second-order valence-corrected chi connectivity index (χ2v) is 4.22. The summed E-state index contributed by atoms with van der Waals surface area (Å²) in [4.78, 5) is 24.1. The Labute approximate surface area is 101 Å². The van der Waals surface area contributed by atoms with Crippen LogP contribution in [0.5, 0.6) is 0 Å². The first-order valence-electron chi connectivity index (χ1n) is 5.61. The van der Waals surface area contributed by atoms with E-state index in [9.17, 15) is 9.59 Å². The summed E-state index contributed by atoms with van der Waals surface area (Å²) in [6, 6.07) is 1.66. The van der Waals surface area contributed by atoms with Crippen LogP contribution in [0.15, 0.2) is 0 Å². The highest BCUT2D eigenvalue weighted by Gasteiger charge is 2.29. The molecule has 2 atom stereocenters. The van der Waals surface area contributed by atoms with Gasteiger partial charge in [0.1, 0.15) is 6.42 Å². The smallest absolute Gasteiger partial charge is 0.375 e. The molecular formula is C11H17N3O3. The second kappa shape index (κ2) is 6.21. The maximum Gasteiger partial charge on any atom is 0.417 e. The minimum atomic E-state index is -0.805. The van der Waals surface area contributed by atoms with Crippen molar-refractivity contribution in [1.29, 1.82) is 5.26 Å². The van der Waals surface area contributed by atoms with Gasteiger partial charge in [-0.3, -0.25) is 4.79 Å². The van der Waals surface area contributed by atoms with Crippen LogP contribution in [-0.2, 0) is 9.53 Å². The largest absolute Gasteiger partial charge is 0.417 e. The number of hydrogen-bond donors (Lipinski definition) is 1. The van der Waals surface area contributed by atoms with Gasteiger partial charge in [0.25, 0.3) is 0 Å². The first-order chi connectivity index (χ1) is 8.06. The molecule has 1 fully saturated rings. The fourth-order valence-electron chi connectivity index (χ4n) is 1.90. The van der Waals surface area contributed by atoms with Gasteiger partial charge in [0.2, 0.25) is 0 Å². The predicted octanol–water partition coefficient (Wildman–Crippen LogP) is 0.493. The van der Waals surface area contributed by atoms with Crippen LogP contribution in [0.2, 0.25) is 0 Å². The van der Waals surface area contributed by atoms with Gasteiger partial charge in [-0.25, -0.2) is 4.79 Å². The molecule has 94 valence electrons. The number of likely N-dealkylation sites (N-methyl/N-ethyl adjacent to an activating group) is 1. The van der Waals surface area contributed by atoms with E-state index in [-0.39, 0.29) is 6.04 Å². The fourth-order valence-corrected chi connectivity index (χ4v) is 1.90. The molecule has 0 saturated carbocycles. The van der Waals surface area contributed by atoms with E-state index in [4.69, 9.17) is 5.26 Å². The molecule has 1 heterocycles. The zero-order chi connectivity index (χ0) is 12.8. The minimum absolute atomic E-state index is 0.0196. The summed E-state index contributed by atoms with van der Waals surface area (Å²) in [7, 11) is 1.61. The van der Waals surface area contributed by atoms with E-state index in [2.05, 4.69) is 17.0 Å². The molecule has 6 heteroatoms. The van der Waals surface area contributed by atoms with Crippen LogP contribution in [0.25, 0.3) is 0 Å². The number of hydrogen-bond acceptors (Lipinski definition) is 5. The normalized spacial score (nSPS) is 23.6. The van der Waals surface area contributed by atoms with Gasteiger partial charge in [-0.2, -0.15) is 5.26 Å². The van der Waals surface area contributed by atoms with E-state index in [0.29, 0.717) is 12.5 Å². The molecule has 0 bridgehead atoms. The van der Waals surface area contributed by atoms with Crippen LogP contribution in [0, 0.1) is 17.2 Å². The van der Waals surface area contributed by atoms with Crippen molar-refractivity contribution in [3.8, 4) is 6.07 Å².